The van der Waals surface area contributed by atoms with E-state index in [0.717, 1.165) is 12.2 Å². The maximum absolute atomic E-state index is 11.6. The normalized spacial score (nSPS) is 11.7. The summed E-state index contributed by atoms with van der Waals surface area (Å²) in [4.78, 5) is 22.6. The summed E-state index contributed by atoms with van der Waals surface area (Å²) in [6.45, 7) is 2.59. The van der Waals surface area contributed by atoms with Crippen molar-refractivity contribution in [3.05, 3.63) is 30.3 Å². The molecule has 1 unspecified atom stereocenters. The third kappa shape index (κ3) is 7.34. The predicted octanol–water partition coefficient (Wildman–Crippen LogP) is 2.46. The van der Waals surface area contributed by atoms with Crippen LogP contribution < -0.4 is 10.1 Å². The highest BCUT2D eigenvalue weighted by atomic mass is 16.5. The highest BCUT2D eigenvalue weighted by Crippen LogP contribution is 2.09. The molecule has 1 amide bonds. The molecule has 21 heavy (non-hydrogen) atoms. The summed E-state index contributed by atoms with van der Waals surface area (Å²) in [7, 11) is 0. The first-order valence-corrected chi connectivity index (χ1v) is 7.30. The molecule has 0 saturated heterocycles. The summed E-state index contributed by atoms with van der Waals surface area (Å²) >= 11 is 0. The number of benzene rings is 1. The number of para-hydroxylation sites is 1. The standard InChI is InChI=1S/C16H23NO4/c1-2-7-13(16(19)20)12-17-15(18)10-6-11-21-14-8-4-3-5-9-14/h3-5,8-9,13H,2,6-7,10-12H2,1H3,(H,17,18)(H,19,20). The van der Waals surface area contributed by atoms with Gasteiger partial charge < -0.3 is 15.2 Å². The molecule has 0 saturated carbocycles. The molecule has 5 heteroatoms. The highest BCUT2D eigenvalue weighted by molar-refractivity contribution is 5.77. The number of carboxylic acids is 1. The van der Waals surface area contributed by atoms with Crippen LogP contribution in [0.5, 0.6) is 5.75 Å². The van der Waals surface area contributed by atoms with Gasteiger partial charge in [0.15, 0.2) is 0 Å². The minimum absolute atomic E-state index is 0.131. The molecule has 2 N–H and O–H groups in total. The van der Waals surface area contributed by atoms with Crippen molar-refractivity contribution in [2.75, 3.05) is 13.2 Å². The zero-order valence-corrected chi connectivity index (χ0v) is 12.4. The lowest BCUT2D eigenvalue weighted by molar-refractivity contribution is -0.141. The molecule has 0 bridgehead atoms. The second kappa shape index (κ2) is 9.80. The van der Waals surface area contributed by atoms with Crippen LogP contribution in [0.4, 0.5) is 0 Å². The minimum Gasteiger partial charge on any atom is -0.494 e. The molecule has 1 aromatic carbocycles. The Labute approximate surface area is 125 Å². The number of rotatable bonds is 10. The van der Waals surface area contributed by atoms with Gasteiger partial charge >= 0.3 is 5.97 Å². The molecule has 0 radical (unpaired) electrons. The lowest BCUT2D eigenvalue weighted by Crippen LogP contribution is -2.32. The molecule has 0 heterocycles. The summed E-state index contributed by atoms with van der Waals surface area (Å²) in [5, 5.41) is 11.7. The van der Waals surface area contributed by atoms with Crippen LogP contribution in [0.3, 0.4) is 0 Å². The van der Waals surface area contributed by atoms with Crippen LogP contribution in [0, 0.1) is 5.92 Å². The van der Waals surface area contributed by atoms with Crippen LogP contribution in [0.2, 0.25) is 0 Å². The number of hydrogen-bond donors (Lipinski definition) is 2. The van der Waals surface area contributed by atoms with Crippen molar-refractivity contribution >= 4 is 11.9 Å². The van der Waals surface area contributed by atoms with E-state index in [4.69, 9.17) is 9.84 Å². The summed E-state index contributed by atoms with van der Waals surface area (Å²) in [6.07, 6.45) is 2.31. The Hall–Kier alpha value is -2.04. The number of ether oxygens (including phenoxy) is 1. The second-order valence-corrected chi connectivity index (χ2v) is 4.89. The fraction of sp³-hybridized carbons (Fsp3) is 0.500. The zero-order valence-electron chi connectivity index (χ0n) is 12.4. The summed E-state index contributed by atoms with van der Waals surface area (Å²) in [5.74, 6) is -0.704. The van der Waals surface area contributed by atoms with Crippen molar-refractivity contribution < 1.29 is 19.4 Å². The number of carbonyl (C=O) groups excluding carboxylic acids is 1. The van der Waals surface area contributed by atoms with Gasteiger partial charge in [-0.2, -0.15) is 0 Å². The largest absolute Gasteiger partial charge is 0.494 e. The van der Waals surface area contributed by atoms with Gasteiger partial charge in [-0.15, -0.1) is 0 Å². The monoisotopic (exact) mass is 293 g/mol. The Morgan fingerprint density at radius 1 is 1.29 bits per heavy atom. The fourth-order valence-electron chi connectivity index (χ4n) is 1.93. The number of nitrogens with one attached hydrogen (secondary N) is 1. The van der Waals surface area contributed by atoms with Gasteiger partial charge in [-0.05, 0) is 25.0 Å². The molecule has 5 nitrogen and oxygen atoms in total. The molecular weight excluding hydrogens is 270 g/mol. The second-order valence-electron chi connectivity index (χ2n) is 4.89. The van der Waals surface area contributed by atoms with E-state index in [1.54, 1.807) is 0 Å². The van der Waals surface area contributed by atoms with Crippen LogP contribution in [0.1, 0.15) is 32.6 Å². The first-order valence-electron chi connectivity index (χ1n) is 7.30. The Bertz CT molecular complexity index is 433. The van der Waals surface area contributed by atoms with Gasteiger partial charge in [-0.3, -0.25) is 9.59 Å². The Morgan fingerprint density at radius 2 is 2.00 bits per heavy atom. The first kappa shape index (κ1) is 17.0. The zero-order chi connectivity index (χ0) is 15.5. The smallest absolute Gasteiger partial charge is 0.308 e. The molecule has 0 aliphatic rings. The SMILES string of the molecule is CCCC(CNC(=O)CCCOc1ccccc1)C(=O)O. The van der Waals surface area contributed by atoms with Gasteiger partial charge in [-0.1, -0.05) is 31.5 Å². The third-order valence-electron chi connectivity index (χ3n) is 3.09. The van der Waals surface area contributed by atoms with Gasteiger partial charge in [-0.25, -0.2) is 0 Å². The average molecular weight is 293 g/mol. The van der Waals surface area contributed by atoms with E-state index in [2.05, 4.69) is 5.32 Å². The van der Waals surface area contributed by atoms with E-state index in [1.165, 1.54) is 0 Å². The van der Waals surface area contributed by atoms with E-state index >= 15 is 0 Å². The molecule has 1 aromatic rings. The van der Waals surface area contributed by atoms with E-state index in [1.807, 2.05) is 37.3 Å². The maximum atomic E-state index is 11.6. The van der Waals surface area contributed by atoms with Crippen molar-refractivity contribution in [2.45, 2.75) is 32.6 Å². The van der Waals surface area contributed by atoms with Crippen molar-refractivity contribution in [1.82, 2.24) is 5.32 Å². The molecule has 1 rings (SSSR count). The van der Waals surface area contributed by atoms with Gasteiger partial charge in [0.05, 0.1) is 12.5 Å². The maximum Gasteiger partial charge on any atom is 0.308 e. The summed E-state index contributed by atoms with van der Waals surface area (Å²) in [5.41, 5.74) is 0. The van der Waals surface area contributed by atoms with E-state index in [0.29, 0.717) is 25.9 Å². The Morgan fingerprint density at radius 3 is 2.62 bits per heavy atom. The first-order chi connectivity index (χ1) is 10.1. The van der Waals surface area contributed by atoms with Crippen molar-refractivity contribution in [3.8, 4) is 5.75 Å². The quantitative estimate of drug-likeness (QED) is 0.650. The van der Waals surface area contributed by atoms with Crippen LogP contribution in [0.15, 0.2) is 30.3 Å². The molecule has 0 fully saturated rings. The molecule has 0 aromatic heterocycles. The van der Waals surface area contributed by atoms with Crippen LogP contribution in [-0.4, -0.2) is 30.1 Å². The molecule has 116 valence electrons. The van der Waals surface area contributed by atoms with E-state index in [9.17, 15) is 9.59 Å². The van der Waals surface area contributed by atoms with Crippen LogP contribution in [-0.2, 0) is 9.59 Å². The number of carboxylic acid groups (broad SMARTS) is 1. The Kier molecular flexibility index (Phi) is 7.94. The molecular formula is C16H23NO4. The van der Waals surface area contributed by atoms with E-state index < -0.39 is 11.9 Å². The van der Waals surface area contributed by atoms with Gasteiger partial charge in [0.2, 0.25) is 5.91 Å². The summed E-state index contributed by atoms with van der Waals surface area (Å²) < 4.78 is 5.48. The minimum atomic E-state index is -0.857. The molecule has 0 aliphatic heterocycles. The molecule has 1 atom stereocenters. The summed E-state index contributed by atoms with van der Waals surface area (Å²) in [6, 6.07) is 9.42. The van der Waals surface area contributed by atoms with Crippen molar-refractivity contribution in [3.63, 3.8) is 0 Å². The van der Waals surface area contributed by atoms with Crippen molar-refractivity contribution in [1.29, 1.82) is 0 Å². The van der Waals surface area contributed by atoms with Gasteiger partial charge in [0.25, 0.3) is 0 Å². The predicted molar refractivity (Wildman–Crippen MR) is 80.2 cm³/mol. The number of amides is 1. The highest BCUT2D eigenvalue weighted by Gasteiger charge is 2.16. The number of aliphatic carboxylic acids is 1. The molecule has 0 spiro atoms. The van der Waals surface area contributed by atoms with E-state index in [-0.39, 0.29) is 12.5 Å². The number of hydrogen-bond acceptors (Lipinski definition) is 3. The van der Waals surface area contributed by atoms with Crippen molar-refractivity contribution in [2.24, 2.45) is 5.92 Å². The topological polar surface area (TPSA) is 75.6 Å². The van der Waals surface area contributed by atoms with Gasteiger partial charge in [0, 0.05) is 13.0 Å². The van der Waals surface area contributed by atoms with Gasteiger partial charge in [0.1, 0.15) is 5.75 Å². The number of carbonyl (C=O) groups is 2. The average Bonchev–Trinajstić information content (AvgIpc) is 2.48. The van der Waals surface area contributed by atoms with Crippen LogP contribution in [0.25, 0.3) is 0 Å². The van der Waals surface area contributed by atoms with Crippen LogP contribution >= 0.6 is 0 Å². The molecule has 0 aliphatic carbocycles. The lowest BCUT2D eigenvalue weighted by Gasteiger charge is -2.12. The third-order valence-corrected chi connectivity index (χ3v) is 3.09. The Balaban J connectivity index is 2.15. The lowest BCUT2D eigenvalue weighted by atomic mass is 10.0. The fourth-order valence-corrected chi connectivity index (χ4v) is 1.93.